The van der Waals surface area contributed by atoms with E-state index in [1.54, 1.807) is 6.20 Å². The predicted molar refractivity (Wildman–Crippen MR) is 105 cm³/mol. The molecule has 3 rings (SSSR count). The zero-order valence-electron chi connectivity index (χ0n) is 15.5. The molecule has 26 heavy (non-hydrogen) atoms. The average molecular weight is 352 g/mol. The molecule has 1 N–H and O–H groups in total. The van der Waals surface area contributed by atoms with Crippen molar-refractivity contribution < 1.29 is 4.79 Å². The zero-order valence-corrected chi connectivity index (χ0v) is 15.5. The minimum atomic E-state index is 0.102. The molecule has 1 aliphatic rings. The van der Waals surface area contributed by atoms with Crippen LogP contribution in [0.5, 0.6) is 0 Å². The number of carbonyl (C=O) groups is 1. The van der Waals surface area contributed by atoms with Crippen LogP contribution >= 0.6 is 0 Å². The molecule has 0 bridgehead atoms. The van der Waals surface area contributed by atoms with Crippen molar-refractivity contribution in [3.63, 3.8) is 0 Å². The lowest BCUT2D eigenvalue weighted by atomic mass is 10.1. The number of hydrogen-bond donors (Lipinski definition) is 1. The first kappa shape index (κ1) is 18.4. The van der Waals surface area contributed by atoms with Gasteiger partial charge < -0.3 is 10.2 Å². The third-order valence-corrected chi connectivity index (χ3v) is 4.75. The van der Waals surface area contributed by atoms with Gasteiger partial charge in [-0.3, -0.25) is 9.69 Å². The fourth-order valence-electron chi connectivity index (χ4n) is 3.19. The quantitative estimate of drug-likeness (QED) is 0.777. The summed E-state index contributed by atoms with van der Waals surface area (Å²) >= 11 is 0. The monoisotopic (exact) mass is 352 g/mol. The molecular formula is C21H28N4O. The van der Waals surface area contributed by atoms with Crippen LogP contribution in [0.3, 0.4) is 0 Å². The summed E-state index contributed by atoms with van der Waals surface area (Å²) < 4.78 is 0. The van der Waals surface area contributed by atoms with Gasteiger partial charge >= 0.3 is 0 Å². The van der Waals surface area contributed by atoms with Crippen molar-refractivity contribution in [1.29, 1.82) is 0 Å². The molecule has 1 aliphatic heterocycles. The smallest absolute Gasteiger partial charge is 0.254 e. The van der Waals surface area contributed by atoms with Gasteiger partial charge in [-0.2, -0.15) is 0 Å². The number of benzene rings is 1. The number of piperazine rings is 1. The second-order valence-electron chi connectivity index (χ2n) is 6.76. The third-order valence-electron chi connectivity index (χ3n) is 4.75. The molecule has 0 aliphatic carbocycles. The SMILES string of the molecule is CCCCNc1cc(C(=O)N2CCN(Cc3ccccc3)CC2)ccn1. The van der Waals surface area contributed by atoms with E-state index >= 15 is 0 Å². The maximum Gasteiger partial charge on any atom is 0.254 e. The van der Waals surface area contributed by atoms with E-state index in [2.05, 4.69) is 46.4 Å². The number of rotatable bonds is 7. The first-order valence-electron chi connectivity index (χ1n) is 9.51. The highest BCUT2D eigenvalue weighted by molar-refractivity contribution is 5.94. The summed E-state index contributed by atoms with van der Waals surface area (Å²) in [6.45, 7) is 7.36. The Morgan fingerprint density at radius 3 is 2.62 bits per heavy atom. The molecule has 0 atom stereocenters. The van der Waals surface area contributed by atoms with E-state index < -0.39 is 0 Å². The lowest BCUT2D eigenvalue weighted by Gasteiger charge is -2.34. The van der Waals surface area contributed by atoms with Crippen LogP contribution in [0.15, 0.2) is 48.7 Å². The van der Waals surface area contributed by atoms with Crippen LogP contribution in [0.1, 0.15) is 35.7 Å². The number of unbranched alkanes of at least 4 members (excludes halogenated alkanes) is 1. The Kier molecular flexibility index (Phi) is 6.61. The summed E-state index contributed by atoms with van der Waals surface area (Å²) in [7, 11) is 0. The first-order valence-corrected chi connectivity index (χ1v) is 9.51. The maximum atomic E-state index is 12.8. The minimum absolute atomic E-state index is 0.102. The van der Waals surface area contributed by atoms with Gasteiger partial charge in [0.25, 0.3) is 5.91 Å². The van der Waals surface area contributed by atoms with Gasteiger partial charge in [-0.15, -0.1) is 0 Å². The Morgan fingerprint density at radius 2 is 1.88 bits per heavy atom. The molecule has 1 saturated heterocycles. The number of amides is 1. The summed E-state index contributed by atoms with van der Waals surface area (Å²) in [4.78, 5) is 21.5. The second-order valence-corrected chi connectivity index (χ2v) is 6.76. The molecule has 2 heterocycles. The topological polar surface area (TPSA) is 48.5 Å². The highest BCUT2D eigenvalue weighted by Crippen LogP contribution is 2.13. The van der Waals surface area contributed by atoms with Gasteiger partial charge in [0.2, 0.25) is 0 Å². The Bertz CT molecular complexity index is 696. The number of nitrogens with one attached hydrogen (secondary N) is 1. The van der Waals surface area contributed by atoms with Crippen molar-refractivity contribution in [2.24, 2.45) is 0 Å². The van der Waals surface area contributed by atoms with E-state index in [-0.39, 0.29) is 5.91 Å². The lowest BCUT2D eigenvalue weighted by molar-refractivity contribution is 0.0628. The van der Waals surface area contributed by atoms with Crippen LogP contribution in [0.2, 0.25) is 0 Å². The van der Waals surface area contributed by atoms with Gasteiger partial charge in [0.1, 0.15) is 5.82 Å². The van der Waals surface area contributed by atoms with E-state index in [0.29, 0.717) is 0 Å². The number of pyridine rings is 1. The van der Waals surface area contributed by atoms with E-state index in [1.807, 2.05) is 23.1 Å². The number of carbonyl (C=O) groups excluding carboxylic acids is 1. The molecule has 138 valence electrons. The Labute approximate surface area is 156 Å². The summed E-state index contributed by atoms with van der Waals surface area (Å²) in [6.07, 6.45) is 3.95. The van der Waals surface area contributed by atoms with Gasteiger partial charge in [-0.05, 0) is 24.1 Å². The molecule has 1 aromatic heterocycles. The summed E-state index contributed by atoms with van der Waals surface area (Å²) in [5.74, 6) is 0.886. The molecule has 0 unspecified atom stereocenters. The zero-order chi connectivity index (χ0) is 18.2. The predicted octanol–water partition coefficient (Wildman–Crippen LogP) is 3.25. The van der Waals surface area contributed by atoms with Gasteiger partial charge in [-0.25, -0.2) is 4.98 Å². The van der Waals surface area contributed by atoms with E-state index in [4.69, 9.17) is 0 Å². The Balaban J connectivity index is 1.52. The molecule has 0 saturated carbocycles. The van der Waals surface area contributed by atoms with Crippen molar-refractivity contribution in [3.05, 3.63) is 59.8 Å². The summed E-state index contributed by atoms with van der Waals surface area (Å²) in [6, 6.07) is 14.2. The highest BCUT2D eigenvalue weighted by Gasteiger charge is 2.22. The average Bonchev–Trinajstić information content (AvgIpc) is 2.69. The van der Waals surface area contributed by atoms with Gasteiger partial charge in [0, 0.05) is 51.0 Å². The molecule has 1 amide bonds. The fourth-order valence-corrected chi connectivity index (χ4v) is 3.19. The van der Waals surface area contributed by atoms with Crippen LogP contribution in [0.4, 0.5) is 5.82 Å². The molecule has 1 fully saturated rings. The molecule has 2 aromatic rings. The normalized spacial score (nSPS) is 15.0. The Hall–Kier alpha value is -2.40. The van der Waals surface area contributed by atoms with Crippen LogP contribution in [-0.4, -0.2) is 53.4 Å². The maximum absolute atomic E-state index is 12.8. The van der Waals surface area contributed by atoms with Crippen LogP contribution in [0, 0.1) is 0 Å². The molecule has 0 radical (unpaired) electrons. The van der Waals surface area contributed by atoms with Crippen molar-refractivity contribution in [3.8, 4) is 0 Å². The van der Waals surface area contributed by atoms with Crippen molar-refractivity contribution in [2.45, 2.75) is 26.3 Å². The largest absolute Gasteiger partial charge is 0.370 e. The molecular weight excluding hydrogens is 324 g/mol. The van der Waals surface area contributed by atoms with Crippen LogP contribution in [-0.2, 0) is 6.54 Å². The number of anilines is 1. The third kappa shape index (κ3) is 5.05. The summed E-state index contributed by atoms with van der Waals surface area (Å²) in [5.41, 5.74) is 2.04. The second kappa shape index (κ2) is 9.34. The standard InChI is InChI=1S/C21H28N4O/c1-2-3-10-22-20-16-19(9-11-23-20)21(26)25-14-12-24(13-15-25)17-18-7-5-4-6-8-18/h4-9,11,16H,2-3,10,12-15,17H2,1H3,(H,22,23). The van der Waals surface area contributed by atoms with Crippen molar-refractivity contribution in [2.75, 3.05) is 38.0 Å². The van der Waals surface area contributed by atoms with E-state index in [1.165, 1.54) is 5.56 Å². The minimum Gasteiger partial charge on any atom is -0.370 e. The number of aromatic nitrogens is 1. The lowest BCUT2D eigenvalue weighted by Crippen LogP contribution is -2.48. The van der Waals surface area contributed by atoms with E-state index in [9.17, 15) is 4.79 Å². The van der Waals surface area contributed by atoms with Gasteiger partial charge in [0.05, 0.1) is 0 Å². The van der Waals surface area contributed by atoms with Crippen LogP contribution in [0.25, 0.3) is 0 Å². The first-order chi connectivity index (χ1) is 12.8. The van der Waals surface area contributed by atoms with Gasteiger partial charge in [-0.1, -0.05) is 43.7 Å². The van der Waals surface area contributed by atoms with Crippen molar-refractivity contribution in [1.82, 2.24) is 14.8 Å². The molecule has 0 spiro atoms. The van der Waals surface area contributed by atoms with Crippen LogP contribution < -0.4 is 5.32 Å². The van der Waals surface area contributed by atoms with Gasteiger partial charge in [0.15, 0.2) is 0 Å². The van der Waals surface area contributed by atoms with E-state index in [0.717, 1.165) is 63.5 Å². The number of hydrogen-bond acceptors (Lipinski definition) is 4. The molecule has 1 aromatic carbocycles. The Morgan fingerprint density at radius 1 is 1.12 bits per heavy atom. The van der Waals surface area contributed by atoms with Crippen molar-refractivity contribution >= 4 is 11.7 Å². The number of nitrogens with zero attached hydrogens (tertiary/aromatic N) is 3. The molecule has 5 nitrogen and oxygen atoms in total. The molecule has 5 heteroatoms. The fraction of sp³-hybridized carbons (Fsp3) is 0.429. The summed E-state index contributed by atoms with van der Waals surface area (Å²) in [5, 5.41) is 3.29. The highest BCUT2D eigenvalue weighted by atomic mass is 16.2.